The number of nitrogens with zero attached hydrogens (tertiary/aromatic N) is 2. The van der Waals surface area contributed by atoms with Crippen LogP contribution in [0.15, 0.2) is 42.5 Å². The van der Waals surface area contributed by atoms with Gasteiger partial charge in [0.2, 0.25) is 5.95 Å². The van der Waals surface area contributed by atoms with Gasteiger partial charge >= 0.3 is 5.97 Å². The second-order valence-corrected chi connectivity index (χ2v) is 7.74. The zero-order valence-electron chi connectivity index (χ0n) is 16.3. The van der Waals surface area contributed by atoms with Gasteiger partial charge in [-0.2, -0.15) is 0 Å². The summed E-state index contributed by atoms with van der Waals surface area (Å²) in [6, 6.07) is 14.0. The number of imidazole rings is 1. The molecule has 5 heteroatoms. The predicted molar refractivity (Wildman–Crippen MR) is 112 cm³/mol. The molecule has 0 amide bonds. The van der Waals surface area contributed by atoms with Gasteiger partial charge in [0.25, 0.3) is 0 Å². The van der Waals surface area contributed by atoms with Gasteiger partial charge in [0.1, 0.15) is 0 Å². The maximum Gasteiger partial charge on any atom is 0.335 e. The van der Waals surface area contributed by atoms with Crippen molar-refractivity contribution < 1.29 is 9.90 Å². The van der Waals surface area contributed by atoms with Crippen LogP contribution < -0.4 is 5.32 Å². The lowest BCUT2D eigenvalue weighted by molar-refractivity contribution is 0.0697. The van der Waals surface area contributed by atoms with Crippen LogP contribution in [0.5, 0.6) is 0 Å². The van der Waals surface area contributed by atoms with Crippen LogP contribution in [0.4, 0.5) is 5.95 Å². The molecular weight excluding hydrogens is 350 g/mol. The number of fused-ring (bicyclic) bond motifs is 1. The lowest BCUT2D eigenvalue weighted by Gasteiger charge is -2.21. The molecule has 5 nitrogen and oxygen atoms in total. The Morgan fingerprint density at radius 1 is 1.14 bits per heavy atom. The highest BCUT2D eigenvalue weighted by molar-refractivity contribution is 5.93. The third-order valence-corrected chi connectivity index (χ3v) is 5.82. The van der Waals surface area contributed by atoms with Gasteiger partial charge < -0.3 is 15.0 Å². The summed E-state index contributed by atoms with van der Waals surface area (Å²) < 4.78 is 2.31. The van der Waals surface area contributed by atoms with E-state index in [0.29, 0.717) is 12.6 Å². The van der Waals surface area contributed by atoms with E-state index in [1.165, 1.54) is 36.8 Å². The SMILES string of the molecule is Cc1ccccc1CNc1nc2cc(C(=O)O)ccc2n1C1CCCCCC1. The molecule has 2 N–H and O–H groups in total. The van der Waals surface area contributed by atoms with E-state index in [0.717, 1.165) is 29.8 Å². The van der Waals surface area contributed by atoms with Crippen LogP contribution in [0.3, 0.4) is 0 Å². The maximum atomic E-state index is 11.4. The van der Waals surface area contributed by atoms with Crippen molar-refractivity contribution in [3.63, 3.8) is 0 Å². The van der Waals surface area contributed by atoms with Gasteiger partial charge in [0.15, 0.2) is 0 Å². The number of anilines is 1. The highest BCUT2D eigenvalue weighted by atomic mass is 16.4. The second kappa shape index (κ2) is 8.05. The molecule has 0 radical (unpaired) electrons. The lowest BCUT2D eigenvalue weighted by Crippen LogP contribution is -2.13. The van der Waals surface area contributed by atoms with Crippen molar-refractivity contribution in [1.82, 2.24) is 9.55 Å². The van der Waals surface area contributed by atoms with Gasteiger partial charge in [-0.15, -0.1) is 0 Å². The fourth-order valence-corrected chi connectivity index (χ4v) is 4.22. The Bertz CT molecular complexity index is 985. The van der Waals surface area contributed by atoms with E-state index < -0.39 is 5.97 Å². The molecule has 28 heavy (non-hydrogen) atoms. The van der Waals surface area contributed by atoms with E-state index in [4.69, 9.17) is 4.98 Å². The summed E-state index contributed by atoms with van der Waals surface area (Å²) in [4.78, 5) is 16.2. The summed E-state index contributed by atoms with van der Waals surface area (Å²) in [6.45, 7) is 2.82. The van der Waals surface area contributed by atoms with E-state index in [1.54, 1.807) is 12.1 Å². The number of aromatic carboxylic acids is 1. The average Bonchev–Trinajstić information content (AvgIpc) is 2.85. The zero-order chi connectivity index (χ0) is 19.5. The third kappa shape index (κ3) is 3.75. The van der Waals surface area contributed by atoms with Crippen molar-refractivity contribution in [1.29, 1.82) is 0 Å². The van der Waals surface area contributed by atoms with E-state index in [-0.39, 0.29) is 5.56 Å². The molecule has 0 saturated heterocycles. The molecule has 0 atom stereocenters. The number of rotatable bonds is 5. The Morgan fingerprint density at radius 3 is 2.61 bits per heavy atom. The monoisotopic (exact) mass is 377 g/mol. The van der Waals surface area contributed by atoms with Gasteiger partial charge in [-0.25, -0.2) is 9.78 Å². The van der Waals surface area contributed by atoms with Crippen molar-refractivity contribution in [2.75, 3.05) is 5.32 Å². The number of hydrogen-bond donors (Lipinski definition) is 2. The molecule has 1 saturated carbocycles. The number of aryl methyl sites for hydroxylation is 1. The minimum Gasteiger partial charge on any atom is -0.478 e. The van der Waals surface area contributed by atoms with Gasteiger partial charge in [0.05, 0.1) is 16.6 Å². The minimum absolute atomic E-state index is 0.281. The summed E-state index contributed by atoms with van der Waals surface area (Å²) in [6.07, 6.45) is 7.33. The van der Waals surface area contributed by atoms with Crippen LogP contribution in [-0.2, 0) is 6.54 Å². The molecule has 3 aromatic rings. The van der Waals surface area contributed by atoms with Crippen molar-refractivity contribution in [2.24, 2.45) is 0 Å². The van der Waals surface area contributed by atoms with E-state index in [9.17, 15) is 9.90 Å². The van der Waals surface area contributed by atoms with E-state index >= 15 is 0 Å². The van der Waals surface area contributed by atoms with Gasteiger partial charge in [-0.1, -0.05) is 49.9 Å². The highest BCUT2D eigenvalue weighted by Gasteiger charge is 2.21. The molecule has 1 aliphatic carbocycles. The van der Waals surface area contributed by atoms with Gasteiger partial charge in [-0.05, 0) is 49.1 Å². The second-order valence-electron chi connectivity index (χ2n) is 7.74. The topological polar surface area (TPSA) is 67.2 Å². The first-order valence-corrected chi connectivity index (χ1v) is 10.2. The lowest BCUT2D eigenvalue weighted by atomic mass is 10.1. The number of carboxylic acids is 1. The highest BCUT2D eigenvalue weighted by Crippen LogP contribution is 2.34. The Labute approximate surface area is 165 Å². The maximum absolute atomic E-state index is 11.4. The summed E-state index contributed by atoms with van der Waals surface area (Å²) in [5, 5.41) is 12.9. The largest absolute Gasteiger partial charge is 0.478 e. The standard InChI is InChI=1S/C23H27N3O2/c1-16-8-6-7-9-18(16)15-24-23-25-20-14-17(22(27)28)12-13-21(20)26(23)19-10-4-2-3-5-11-19/h6-9,12-14,19H,2-5,10-11,15H2,1H3,(H,24,25)(H,27,28). The number of benzene rings is 2. The van der Waals surface area contributed by atoms with Gasteiger partial charge in [0, 0.05) is 12.6 Å². The molecule has 0 aliphatic heterocycles. The molecule has 1 aliphatic rings. The van der Waals surface area contributed by atoms with Crippen LogP contribution in [-0.4, -0.2) is 20.6 Å². The summed E-state index contributed by atoms with van der Waals surface area (Å²) in [5.74, 6) is -0.0759. The molecule has 2 aromatic carbocycles. The zero-order valence-corrected chi connectivity index (χ0v) is 16.3. The molecule has 1 aromatic heterocycles. The quantitative estimate of drug-likeness (QED) is 0.572. The van der Waals surface area contributed by atoms with Crippen molar-refractivity contribution in [3.05, 3.63) is 59.2 Å². The molecule has 1 fully saturated rings. The fourth-order valence-electron chi connectivity index (χ4n) is 4.22. The summed E-state index contributed by atoms with van der Waals surface area (Å²) >= 11 is 0. The molecular formula is C23H27N3O2. The third-order valence-electron chi connectivity index (χ3n) is 5.82. The number of carbonyl (C=O) groups is 1. The van der Waals surface area contributed by atoms with Crippen LogP contribution in [0.1, 0.15) is 66.1 Å². The summed E-state index contributed by atoms with van der Waals surface area (Å²) in [5.41, 5.74) is 4.54. The minimum atomic E-state index is -0.916. The molecule has 1 heterocycles. The molecule has 146 valence electrons. The smallest absolute Gasteiger partial charge is 0.335 e. The molecule has 0 bridgehead atoms. The van der Waals surface area contributed by atoms with E-state index in [1.807, 2.05) is 12.1 Å². The molecule has 4 rings (SSSR count). The first-order valence-electron chi connectivity index (χ1n) is 10.2. The van der Waals surface area contributed by atoms with Crippen molar-refractivity contribution in [2.45, 2.75) is 58.0 Å². The first-order chi connectivity index (χ1) is 13.6. The predicted octanol–water partition coefficient (Wildman–Crippen LogP) is 5.55. The first kappa shape index (κ1) is 18.5. The average molecular weight is 377 g/mol. The Morgan fingerprint density at radius 2 is 1.89 bits per heavy atom. The van der Waals surface area contributed by atoms with Crippen LogP contribution in [0.2, 0.25) is 0 Å². The van der Waals surface area contributed by atoms with Crippen LogP contribution >= 0.6 is 0 Å². The van der Waals surface area contributed by atoms with Gasteiger partial charge in [-0.3, -0.25) is 0 Å². The number of aromatic nitrogens is 2. The van der Waals surface area contributed by atoms with Crippen LogP contribution in [0.25, 0.3) is 11.0 Å². The Balaban J connectivity index is 1.73. The number of hydrogen-bond acceptors (Lipinski definition) is 3. The Hall–Kier alpha value is -2.82. The summed E-state index contributed by atoms with van der Waals surface area (Å²) in [7, 11) is 0. The Kier molecular flexibility index (Phi) is 5.33. The van der Waals surface area contributed by atoms with Crippen molar-refractivity contribution in [3.8, 4) is 0 Å². The fraction of sp³-hybridized carbons (Fsp3) is 0.391. The number of nitrogens with one attached hydrogen (secondary N) is 1. The van der Waals surface area contributed by atoms with E-state index in [2.05, 4.69) is 35.0 Å². The number of carboxylic acid groups (broad SMARTS) is 1. The molecule has 0 unspecified atom stereocenters. The van der Waals surface area contributed by atoms with Crippen LogP contribution in [0, 0.1) is 6.92 Å². The molecule has 0 spiro atoms. The normalized spacial score (nSPS) is 15.5. The van der Waals surface area contributed by atoms with Crippen molar-refractivity contribution >= 4 is 23.0 Å².